The third-order valence-corrected chi connectivity index (χ3v) is 0.839. The summed E-state index contributed by atoms with van der Waals surface area (Å²) in [5.74, 6) is -0.164. The quantitative estimate of drug-likeness (QED) is 0.583. The monoisotopic (exact) mass is 161 g/mol. The van der Waals surface area contributed by atoms with Crippen LogP contribution in [0.5, 0.6) is 0 Å². The molecule has 0 heterocycles. The van der Waals surface area contributed by atoms with Crippen molar-refractivity contribution in [1.82, 2.24) is 5.32 Å². The lowest BCUT2D eigenvalue weighted by atomic mass is 10.1. The highest BCUT2D eigenvalue weighted by Gasteiger charge is 2.10. The van der Waals surface area contributed by atoms with E-state index in [-0.39, 0.29) is 11.4 Å². The van der Waals surface area contributed by atoms with Crippen molar-refractivity contribution in [2.24, 2.45) is 0 Å². The summed E-state index contributed by atoms with van der Waals surface area (Å²) in [6, 6.07) is 0. The molecular weight excluding hydrogens is 150 g/mol. The first kappa shape index (κ1) is 9.50. The van der Waals surface area contributed by atoms with Crippen LogP contribution in [0.3, 0.4) is 0 Å². The van der Waals surface area contributed by atoms with Crippen LogP contribution in [0.4, 0.5) is 0 Å². The van der Waals surface area contributed by atoms with Crippen LogP contribution in [0.2, 0.25) is 0 Å². The van der Waals surface area contributed by atoms with Gasteiger partial charge in [-0.3, -0.25) is 4.79 Å². The van der Waals surface area contributed by atoms with Crippen molar-refractivity contribution in [3.8, 4) is 0 Å². The number of hydrogen-bond acceptors (Lipinski definition) is 1. The molecule has 0 aliphatic rings. The van der Waals surface area contributed by atoms with Crippen molar-refractivity contribution in [3.05, 3.63) is 11.6 Å². The molecule has 0 saturated carbocycles. The fraction of sp³-hybridized carbons (Fsp3) is 0.571. The predicted octanol–water partition coefficient (Wildman–Crippen LogP) is 1.65. The zero-order valence-corrected chi connectivity index (χ0v) is 7.20. The van der Waals surface area contributed by atoms with E-state index in [9.17, 15) is 4.79 Å². The second-order valence-corrected chi connectivity index (χ2v) is 3.28. The molecule has 58 valence electrons. The summed E-state index contributed by atoms with van der Waals surface area (Å²) in [6.45, 7) is 5.73. The van der Waals surface area contributed by atoms with E-state index >= 15 is 0 Å². The largest absolute Gasteiger partial charge is 0.348 e. The van der Waals surface area contributed by atoms with E-state index in [4.69, 9.17) is 11.6 Å². The first-order chi connectivity index (χ1) is 4.45. The standard InChI is InChI=1S/C7H12ClNO/c1-7(2,3)9-6(10)4-5-8/h4-5H,1-3H3,(H,9,10)/b5-4-. The summed E-state index contributed by atoms with van der Waals surface area (Å²) in [5, 5.41) is 2.71. The lowest BCUT2D eigenvalue weighted by Gasteiger charge is -2.18. The zero-order chi connectivity index (χ0) is 8.20. The molecule has 2 nitrogen and oxygen atoms in total. The molecule has 3 heteroatoms. The van der Waals surface area contributed by atoms with Crippen LogP contribution in [-0.2, 0) is 4.79 Å². The van der Waals surface area contributed by atoms with Gasteiger partial charge in [0.25, 0.3) is 0 Å². The van der Waals surface area contributed by atoms with Crippen LogP contribution in [0.25, 0.3) is 0 Å². The molecule has 0 atom stereocenters. The van der Waals surface area contributed by atoms with Crippen molar-refractivity contribution in [2.45, 2.75) is 26.3 Å². The van der Waals surface area contributed by atoms with Gasteiger partial charge in [0, 0.05) is 17.2 Å². The zero-order valence-electron chi connectivity index (χ0n) is 6.44. The number of halogens is 1. The number of amides is 1. The molecule has 0 rings (SSSR count). The average molecular weight is 162 g/mol. The summed E-state index contributed by atoms with van der Waals surface area (Å²) in [4.78, 5) is 10.8. The van der Waals surface area contributed by atoms with Crippen molar-refractivity contribution in [1.29, 1.82) is 0 Å². The van der Waals surface area contributed by atoms with Crippen LogP contribution >= 0.6 is 11.6 Å². The first-order valence-electron chi connectivity index (χ1n) is 3.04. The van der Waals surface area contributed by atoms with Crippen LogP contribution in [0, 0.1) is 0 Å². The van der Waals surface area contributed by atoms with Gasteiger partial charge in [0.15, 0.2) is 0 Å². The van der Waals surface area contributed by atoms with Gasteiger partial charge in [-0.1, -0.05) is 11.6 Å². The van der Waals surface area contributed by atoms with E-state index in [0.717, 1.165) is 0 Å². The first-order valence-corrected chi connectivity index (χ1v) is 3.48. The Hall–Kier alpha value is -0.500. The number of carbonyl (C=O) groups is 1. The molecule has 0 bridgehead atoms. The van der Waals surface area contributed by atoms with Gasteiger partial charge in [0.05, 0.1) is 0 Å². The summed E-state index contributed by atoms with van der Waals surface area (Å²) in [7, 11) is 0. The Labute approximate surface area is 66.3 Å². The predicted molar refractivity (Wildman–Crippen MR) is 42.9 cm³/mol. The maximum Gasteiger partial charge on any atom is 0.245 e. The Morgan fingerprint density at radius 2 is 2.00 bits per heavy atom. The topological polar surface area (TPSA) is 29.1 Å². The molecule has 0 aliphatic heterocycles. The molecule has 0 aliphatic carbocycles. The third-order valence-electron chi connectivity index (χ3n) is 0.713. The van der Waals surface area contributed by atoms with E-state index < -0.39 is 0 Å². The third kappa shape index (κ3) is 5.63. The van der Waals surface area contributed by atoms with E-state index in [1.165, 1.54) is 11.6 Å². The molecule has 1 N–H and O–H groups in total. The Kier molecular flexibility index (Phi) is 3.43. The lowest BCUT2D eigenvalue weighted by Crippen LogP contribution is -2.39. The van der Waals surface area contributed by atoms with E-state index in [0.29, 0.717) is 0 Å². The molecule has 1 amide bonds. The highest BCUT2D eigenvalue weighted by atomic mass is 35.5. The van der Waals surface area contributed by atoms with Gasteiger partial charge in [-0.25, -0.2) is 0 Å². The van der Waals surface area contributed by atoms with Gasteiger partial charge in [0.1, 0.15) is 0 Å². The normalized spacial score (nSPS) is 12.0. The molecule has 0 unspecified atom stereocenters. The van der Waals surface area contributed by atoms with Gasteiger partial charge < -0.3 is 5.32 Å². The number of nitrogens with one attached hydrogen (secondary N) is 1. The van der Waals surface area contributed by atoms with Crippen molar-refractivity contribution < 1.29 is 4.79 Å². The summed E-state index contributed by atoms with van der Waals surface area (Å²) in [5.41, 5.74) is 1.01. The Bertz CT molecular complexity index is 146. The highest BCUT2D eigenvalue weighted by molar-refractivity contribution is 6.26. The Morgan fingerprint density at radius 3 is 2.30 bits per heavy atom. The molecular formula is C7H12ClNO. The minimum absolute atomic E-state index is 0.164. The van der Waals surface area contributed by atoms with Crippen LogP contribution in [0.15, 0.2) is 11.6 Å². The van der Waals surface area contributed by atoms with E-state index in [1.54, 1.807) is 0 Å². The van der Waals surface area contributed by atoms with Crippen LogP contribution in [-0.4, -0.2) is 11.4 Å². The average Bonchev–Trinajstić information content (AvgIpc) is 1.59. The molecule has 0 aromatic carbocycles. The second-order valence-electron chi connectivity index (χ2n) is 3.03. The minimum Gasteiger partial charge on any atom is -0.348 e. The lowest BCUT2D eigenvalue weighted by molar-refractivity contribution is -0.117. The van der Waals surface area contributed by atoms with E-state index in [1.807, 2.05) is 20.8 Å². The maximum absolute atomic E-state index is 10.8. The van der Waals surface area contributed by atoms with E-state index in [2.05, 4.69) is 5.32 Å². The van der Waals surface area contributed by atoms with Gasteiger partial charge in [-0.2, -0.15) is 0 Å². The number of rotatable bonds is 1. The van der Waals surface area contributed by atoms with Gasteiger partial charge in [-0.05, 0) is 20.8 Å². The minimum atomic E-state index is -0.187. The molecule has 0 saturated heterocycles. The van der Waals surface area contributed by atoms with Crippen molar-refractivity contribution in [3.63, 3.8) is 0 Å². The fourth-order valence-corrected chi connectivity index (χ4v) is 0.583. The second kappa shape index (κ2) is 3.62. The summed E-state index contributed by atoms with van der Waals surface area (Å²) < 4.78 is 0. The van der Waals surface area contributed by atoms with Gasteiger partial charge in [0.2, 0.25) is 5.91 Å². The SMILES string of the molecule is CC(C)(C)NC(=O)/C=C\Cl. The molecule has 0 aromatic heterocycles. The molecule has 0 aromatic rings. The molecule has 0 radical (unpaired) electrons. The van der Waals surface area contributed by atoms with Gasteiger partial charge in [-0.15, -0.1) is 0 Å². The van der Waals surface area contributed by atoms with Gasteiger partial charge >= 0.3 is 0 Å². The molecule has 0 fully saturated rings. The summed E-state index contributed by atoms with van der Waals surface area (Å²) in [6.07, 6.45) is 1.28. The highest BCUT2D eigenvalue weighted by Crippen LogP contribution is 1.97. The van der Waals surface area contributed by atoms with Crippen molar-refractivity contribution >= 4 is 17.5 Å². The molecule has 10 heavy (non-hydrogen) atoms. The smallest absolute Gasteiger partial charge is 0.245 e. The van der Waals surface area contributed by atoms with Crippen molar-refractivity contribution in [2.75, 3.05) is 0 Å². The number of carbonyl (C=O) groups excluding carboxylic acids is 1. The fourth-order valence-electron chi connectivity index (χ4n) is 0.468. The van der Waals surface area contributed by atoms with Crippen LogP contribution in [0.1, 0.15) is 20.8 Å². The summed E-state index contributed by atoms with van der Waals surface area (Å²) >= 11 is 5.18. The Balaban J connectivity index is 3.81. The molecule has 0 spiro atoms. The Morgan fingerprint density at radius 1 is 1.50 bits per heavy atom. The maximum atomic E-state index is 10.8. The number of hydrogen-bond donors (Lipinski definition) is 1. The van der Waals surface area contributed by atoms with Crippen LogP contribution < -0.4 is 5.32 Å².